The van der Waals surface area contributed by atoms with E-state index < -0.39 is 28.5 Å². The quantitative estimate of drug-likeness (QED) is 0.213. The van der Waals surface area contributed by atoms with Gasteiger partial charge in [0.2, 0.25) is 11.8 Å². The van der Waals surface area contributed by atoms with Gasteiger partial charge >= 0.3 is 0 Å². The largest absolute Gasteiger partial charge is 0.352 e. The van der Waals surface area contributed by atoms with Crippen LogP contribution in [0.5, 0.6) is 0 Å². The maximum atomic E-state index is 14.4. The van der Waals surface area contributed by atoms with Gasteiger partial charge in [0.1, 0.15) is 12.6 Å². The number of hydrogen-bond donors (Lipinski definition) is 1. The molecule has 8 heteroatoms. The highest BCUT2D eigenvalue weighted by atomic mass is 32.2. The first-order valence-electron chi connectivity index (χ1n) is 14.5. The lowest BCUT2D eigenvalue weighted by Crippen LogP contribution is -2.54. The smallest absolute Gasteiger partial charge is 0.264 e. The Morgan fingerprint density at radius 3 is 1.98 bits per heavy atom. The third kappa shape index (κ3) is 8.32. The summed E-state index contributed by atoms with van der Waals surface area (Å²) in [6.07, 6.45) is 1.00. The Labute approximate surface area is 255 Å². The molecule has 0 saturated heterocycles. The summed E-state index contributed by atoms with van der Waals surface area (Å²) in [7, 11) is -4.10. The van der Waals surface area contributed by atoms with Crippen molar-refractivity contribution in [2.75, 3.05) is 10.8 Å². The van der Waals surface area contributed by atoms with Crippen molar-refractivity contribution in [1.29, 1.82) is 0 Å². The minimum atomic E-state index is -4.10. The van der Waals surface area contributed by atoms with E-state index in [9.17, 15) is 18.0 Å². The molecule has 0 radical (unpaired) electrons. The van der Waals surface area contributed by atoms with Crippen LogP contribution in [-0.2, 0) is 32.6 Å². The van der Waals surface area contributed by atoms with Gasteiger partial charge in [-0.3, -0.25) is 13.9 Å². The average molecular weight is 598 g/mol. The topological polar surface area (TPSA) is 86.8 Å². The Hall–Kier alpha value is -4.43. The second-order valence-corrected chi connectivity index (χ2v) is 12.6. The van der Waals surface area contributed by atoms with Crippen LogP contribution in [0.3, 0.4) is 0 Å². The van der Waals surface area contributed by atoms with E-state index in [1.165, 1.54) is 17.0 Å². The second kappa shape index (κ2) is 14.6. The zero-order valence-corrected chi connectivity index (χ0v) is 25.7. The lowest BCUT2D eigenvalue weighted by atomic mass is 10.0. The van der Waals surface area contributed by atoms with Gasteiger partial charge in [-0.05, 0) is 55.7 Å². The van der Waals surface area contributed by atoms with Crippen LogP contribution in [0.25, 0.3) is 0 Å². The second-order valence-electron chi connectivity index (χ2n) is 10.7. The molecule has 4 rings (SSSR count). The van der Waals surface area contributed by atoms with Gasteiger partial charge in [-0.2, -0.15) is 0 Å². The van der Waals surface area contributed by atoms with Gasteiger partial charge in [0, 0.05) is 19.0 Å². The summed E-state index contributed by atoms with van der Waals surface area (Å²) < 4.78 is 29.0. The Morgan fingerprint density at radius 1 is 0.791 bits per heavy atom. The number of carbonyl (C=O) groups is 2. The fourth-order valence-electron chi connectivity index (χ4n) is 4.84. The molecule has 0 bridgehead atoms. The summed E-state index contributed by atoms with van der Waals surface area (Å²) in [4.78, 5) is 29.9. The Bertz CT molecular complexity index is 1600. The lowest BCUT2D eigenvalue weighted by Gasteiger charge is -2.34. The lowest BCUT2D eigenvalue weighted by molar-refractivity contribution is -0.140. The summed E-state index contributed by atoms with van der Waals surface area (Å²) in [5.74, 6) is -0.763. The van der Waals surface area contributed by atoms with Gasteiger partial charge < -0.3 is 10.2 Å². The number of para-hydroxylation sites is 1. The molecule has 0 aliphatic carbocycles. The van der Waals surface area contributed by atoms with Crippen molar-refractivity contribution in [3.05, 3.63) is 132 Å². The van der Waals surface area contributed by atoms with Gasteiger partial charge in [-0.1, -0.05) is 103 Å². The van der Waals surface area contributed by atoms with Crippen molar-refractivity contribution in [1.82, 2.24) is 10.2 Å². The van der Waals surface area contributed by atoms with E-state index in [1.807, 2.05) is 75.4 Å². The molecule has 4 aromatic carbocycles. The number of rotatable bonds is 13. The molecule has 0 heterocycles. The third-order valence-corrected chi connectivity index (χ3v) is 9.15. The first-order chi connectivity index (χ1) is 20.7. The van der Waals surface area contributed by atoms with Crippen molar-refractivity contribution in [2.24, 2.45) is 0 Å². The molecule has 2 atom stereocenters. The molecule has 0 aromatic heterocycles. The van der Waals surface area contributed by atoms with Crippen LogP contribution in [0, 0.1) is 6.92 Å². The van der Waals surface area contributed by atoms with Crippen molar-refractivity contribution >= 4 is 27.5 Å². The highest BCUT2D eigenvalue weighted by molar-refractivity contribution is 7.92. The normalized spacial score (nSPS) is 12.6. The standard InChI is InChI=1S/C35H39N3O4S/c1-4-28(3)36-35(40)33(24-29-16-8-5-9-17-29)37(25-30-18-14-15-27(2)23-30)34(39)26-38(31-19-10-6-11-20-31)43(41,42)32-21-12-7-13-22-32/h5-23,28,33H,4,24-26H2,1-3H3,(H,36,40)/t28-,33+/m0/s1. The Morgan fingerprint density at radius 2 is 1.37 bits per heavy atom. The number of anilines is 1. The van der Waals surface area contributed by atoms with Gasteiger partial charge in [-0.15, -0.1) is 0 Å². The highest BCUT2D eigenvalue weighted by Gasteiger charge is 2.34. The maximum absolute atomic E-state index is 14.4. The molecule has 4 aromatic rings. The van der Waals surface area contributed by atoms with E-state index in [1.54, 1.807) is 48.5 Å². The number of nitrogens with zero attached hydrogens (tertiary/aromatic N) is 2. The number of amides is 2. The molecule has 2 amide bonds. The zero-order valence-electron chi connectivity index (χ0n) is 24.9. The highest BCUT2D eigenvalue weighted by Crippen LogP contribution is 2.25. The predicted molar refractivity (Wildman–Crippen MR) is 171 cm³/mol. The van der Waals surface area contributed by atoms with Gasteiger partial charge in [0.25, 0.3) is 10.0 Å². The van der Waals surface area contributed by atoms with Crippen LogP contribution in [0.15, 0.2) is 120 Å². The maximum Gasteiger partial charge on any atom is 0.264 e. The molecule has 0 spiro atoms. The molecule has 224 valence electrons. The van der Waals surface area contributed by atoms with E-state index >= 15 is 0 Å². The van der Waals surface area contributed by atoms with Crippen LogP contribution in [0.2, 0.25) is 0 Å². The van der Waals surface area contributed by atoms with Gasteiger partial charge in [-0.25, -0.2) is 8.42 Å². The molecule has 43 heavy (non-hydrogen) atoms. The monoisotopic (exact) mass is 597 g/mol. The van der Waals surface area contributed by atoms with Crippen molar-refractivity contribution in [2.45, 2.75) is 57.1 Å². The molecule has 1 N–H and O–H groups in total. The van der Waals surface area contributed by atoms with Crippen LogP contribution >= 0.6 is 0 Å². The number of hydrogen-bond acceptors (Lipinski definition) is 4. The summed E-state index contributed by atoms with van der Waals surface area (Å²) >= 11 is 0. The van der Waals surface area contributed by atoms with Crippen LogP contribution in [-0.4, -0.2) is 43.8 Å². The minimum Gasteiger partial charge on any atom is -0.352 e. The minimum absolute atomic E-state index is 0.0761. The number of sulfonamides is 1. The third-order valence-electron chi connectivity index (χ3n) is 7.36. The molecule has 0 aliphatic heterocycles. The van der Waals surface area contributed by atoms with Crippen LogP contribution < -0.4 is 9.62 Å². The van der Waals surface area contributed by atoms with Crippen molar-refractivity contribution in [3.8, 4) is 0 Å². The fraction of sp³-hybridized carbons (Fsp3) is 0.257. The number of nitrogens with one attached hydrogen (secondary N) is 1. The van der Waals surface area contributed by atoms with Gasteiger partial charge in [0.15, 0.2) is 0 Å². The molecular weight excluding hydrogens is 558 g/mol. The van der Waals surface area contributed by atoms with Crippen LogP contribution in [0.4, 0.5) is 5.69 Å². The number of carbonyl (C=O) groups excluding carboxylic acids is 2. The first kappa shape index (κ1) is 31.5. The first-order valence-corrected chi connectivity index (χ1v) is 15.9. The summed E-state index contributed by atoms with van der Waals surface area (Å²) in [6.45, 7) is 5.54. The van der Waals surface area contributed by atoms with Crippen molar-refractivity contribution in [3.63, 3.8) is 0 Å². The van der Waals surface area contributed by atoms with Crippen molar-refractivity contribution < 1.29 is 18.0 Å². The number of aryl methyl sites for hydroxylation is 1. The van der Waals surface area contributed by atoms with E-state index in [-0.39, 0.29) is 29.8 Å². The summed E-state index contributed by atoms with van der Waals surface area (Å²) in [5.41, 5.74) is 3.12. The SMILES string of the molecule is CC[C@H](C)NC(=O)[C@@H](Cc1ccccc1)N(Cc1cccc(C)c1)C(=O)CN(c1ccccc1)S(=O)(=O)c1ccccc1. The fourth-order valence-corrected chi connectivity index (χ4v) is 6.28. The molecule has 0 fully saturated rings. The Kier molecular flexibility index (Phi) is 10.7. The predicted octanol–water partition coefficient (Wildman–Crippen LogP) is 5.75. The Balaban J connectivity index is 1.79. The molecule has 0 unspecified atom stereocenters. The average Bonchev–Trinajstić information content (AvgIpc) is 3.02. The van der Waals surface area contributed by atoms with E-state index in [4.69, 9.17) is 0 Å². The molecule has 0 aliphatic rings. The van der Waals surface area contributed by atoms with E-state index in [0.717, 1.165) is 27.4 Å². The zero-order chi connectivity index (χ0) is 30.8. The summed E-state index contributed by atoms with van der Waals surface area (Å²) in [5, 5.41) is 3.06. The number of benzene rings is 4. The molecule has 0 saturated carbocycles. The van der Waals surface area contributed by atoms with Crippen LogP contribution in [0.1, 0.15) is 37.0 Å². The van der Waals surface area contributed by atoms with E-state index in [2.05, 4.69) is 5.32 Å². The van der Waals surface area contributed by atoms with Gasteiger partial charge in [0.05, 0.1) is 10.6 Å². The summed E-state index contributed by atoms with van der Waals surface area (Å²) in [6, 6.07) is 33.0. The molecule has 7 nitrogen and oxygen atoms in total. The molecular formula is C35H39N3O4S. The van der Waals surface area contributed by atoms with E-state index in [0.29, 0.717) is 5.69 Å².